The number of carbonyl (C=O) groups is 2. The Hall–Kier alpha value is -2.45. The SMILES string of the molecule is CCOc1ccccc1-c1nc(CC(=O)N2CCCN(CC(=O)N(CC)CC)CC2)cs1. The van der Waals surface area contributed by atoms with Crippen LogP contribution in [0.4, 0.5) is 0 Å². The van der Waals surface area contributed by atoms with Crippen molar-refractivity contribution in [2.75, 3.05) is 52.4 Å². The van der Waals surface area contributed by atoms with Gasteiger partial charge < -0.3 is 14.5 Å². The zero-order valence-corrected chi connectivity index (χ0v) is 20.2. The fraction of sp³-hybridized carbons (Fsp3) is 0.542. The van der Waals surface area contributed by atoms with E-state index < -0.39 is 0 Å². The summed E-state index contributed by atoms with van der Waals surface area (Å²) in [6.45, 7) is 11.4. The maximum absolute atomic E-state index is 12.9. The molecule has 2 aromatic rings. The van der Waals surface area contributed by atoms with Crippen LogP contribution in [0.15, 0.2) is 29.6 Å². The zero-order valence-electron chi connectivity index (χ0n) is 19.4. The number of benzene rings is 1. The lowest BCUT2D eigenvalue weighted by Gasteiger charge is -2.25. The topological polar surface area (TPSA) is 66.0 Å². The minimum atomic E-state index is 0.0943. The number of rotatable bonds is 9. The third-order valence-corrected chi connectivity index (χ3v) is 6.64. The van der Waals surface area contributed by atoms with E-state index in [1.54, 1.807) is 0 Å². The van der Waals surface area contributed by atoms with E-state index in [2.05, 4.69) is 4.90 Å². The predicted octanol–water partition coefficient (Wildman–Crippen LogP) is 3.15. The summed E-state index contributed by atoms with van der Waals surface area (Å²) in [5.41, 5.74) is 1.75. The monoisotopic (exact) mass is 458 g/mol. The summed E-state index contributed by atoms with van der Waals surface area (Å²) in [6, 6.07) is 7.86. The molecule has 32 heavy (non-hydrogen) atoms. The first kappa shape index (κ1) is 24.2. The Bertz CT molecular complexity index is 897. The first-order chi connectivity index (χ1) is 15.5. The largest absolute Gasteiger partial charge is 0.493 e. The van der Waals surface area contributed by atoms with Gasteiger partial charge in [0, 0.05) is 44.6 Å². The highest BCUT2D eigenvalue weighted by atomic mass is 32.1. The number of ether oxygens (including phenoxy) is 1. The van der Waals surface area contributed by atoms with Crippen LogP contribution in [0.3, 0.4) is 0 Å². The lowest BCUT2D eigenvalue weighted by molar-refractivity contribution is -0.132. The molecule has 0 saturated carbocycles. The molecule has 1 aromatic heterocycles. The average molecular weight is 459 g/mol. The molecule has 0 bridgehead atoms. The highest BCUT2D eigenvalue weighted by Crippen LogP contribution is 2.32. The molecular formula is C24H34N4O3S. The fourth-order valence-corrected chi connectivity index (χ4v) is 4.80. The number of aromatic nitrogens is 1. The number of carbonyl (C=O) groups excluding carboxylic acids is 2. The summed E-state index contributed by atoms with van der Waals surface area (Å²) in [5.74, 6) is 1.07. The Labute approximate surface area is 195 Å². The van der Waals surface area contributed by atoms with Crippen LogP contribution in [-0.4, -0.2) is 83.9 Å². The molecule has 0 N–H and O–H groups in total. The van der Waals surface area contributed by atoms with E-state index in [9.17, 15) is 9.59 Å². The normalized spacial score (nSPS) is 14.8. The molecular weight excluding hydrogens is 424 g/mol. The molecule has 2 amide bonds. The second-order valence-corrected chi connectivity index (χ2v) is 8.68. The van der Waals surface area contributed by atoms with Gasteiger partial charge in [-0.1, -0.05) is 12.1 Å². The van der Waals surface area contributed by atoms with Crippen molar-refractivity contribution in [3.63, 3.8) is 0 Å². The summed E-state index contributed by atoms with van der Waals surface area (Å²) in [5, 5.41) is 2.83. The molecule has 8 heteroatoms. The molecule has 1 aliphatic heterocycles. The van der Waals surface area contributed by atoms with Crippen LogP contribution in [0.2, 0.25) is 0 Å². The molecule has 1 aromatic carbocycles. The standard InChI is InChI=1S/C24H34N4O3S/c1-4-27(5-2)23(30)17-26-12-9-13-28(15-14-26)22(29)16-19-18-32-24(25-19)20-10-7-8-11-21(20)31-6-3/h7-8,10-11,18H,4-6,9,12-17H2,1-3H3. The van der Waals surface area contributed by atoms with Crippen molar-refractivity contribution in [3.8, 4) is 16.3 Å². The highest BCUT2D eigenvalue weighted by molar-refractivity contribution is 7.13. The smallest absolute Gasteiger partial charge is 0.236 e. The van der Waals surface area contributed by atoms with Gasteiger partial charge in [-0.15, -0.1) is 11.3 Å². The molecule has 2 heterocycles. The van der Waals surface area contributed by atoms with Crippen LogP contribution in [0.25, 0.3) is 10.6 Å². The Morgan fingerprint density at radius 2 is 1.88 bits per heavy atom. The van der Waals surface area contributed by atoms with Crippen LogP contribution in [0.1, 0.15) is 32.9 Å². The van der Waals surface area contributed by atoms with Gasteiger partial charge in [-0.2, -0.15) is 0 Å². The number of hydrogen-bond donors (Lipinski definition) is 0. The lowest BCUT2D eigenvalue weighted by Crippen LogP contribution is -2.42. The van der Waals surface area contributed by atoms with E-state index in [4.69, 9.17) is 9.72 Å². The molecule has 0 radical (unpaired) electrons. The molecule has 174 valence electrons. The van der Waals surface area contributed by atoms with Crippen molar-refractivity contribution in [2.45, 2.75) is 33.6 Å². The van der Waals surface area contributed by atoms with Crippen LogP contribution < -0.4 is 4.74 Å². The third kappa shape index (κ3) is 6.29. The second-order valence-electron chi connectivity index (χ2n) is 7.83. The highest BCUT2D eigenvalue weighted by Gasteiger charge is 2.22. The summed E-state index contributed by atoms with van der Waals surface area (Å²) in [6.07, 6.45) is 1.17. The molecule has 3 rings (SSSR count). The molecule has 0 aliphatic carbocycles. The van der Waals surface area contributed by atoms with E-state index in [0.717, 1.165) is 61.2 Å². The van der Waals surface area contributed by atoms with Gasteiger partial charge in [0.25, 0.3) is 0 Å². The van der Waals surface area contributed by atoms with Crippen molar-refractivity contribution < 1.29 is 14.3 Å². The van der Waals surface area contributed by atoms with Crippen LogP contribution in [-0.2, 0) is 16.0 Å². The molecule has 1 aliphatic rings. The van der Waals surface area contributed by atoms with Crippen molar-refractivity contribution >= 4 is 23.2 Å². The Kier molecular flexibility index (Phi) is 9.05. The predicted molar refractivity (Wildman–Crippen MR) is 128 cm³/mol. The minimum Gasteiger partial charge on any atom is -0.493 e. The number of para-hydroxylation sites is 1. The minimum absolute atomic E-state index is 0.0943. The van der Waals surface area contributed by atoms with E-state index in [0.29, 0.717) is 26.1 Å². The van der Waals surface area contributed by atoms with E-state index in [1.807, 2.05) is 60.2 Å². The maximum Gasteiger partial charge on any atom is 0.236 e. The van der Waals surface area contributed by atoms with Crippen molar-refractivity contribution in [1.82, 2.24) is 19.7 Å². The molecule has 1 fully saturated rings. The molecule has 0 spiro atoms. The zero-order chi connectivity index (χ0) is 22.9. The summed E-state index contributed by atoms with van der Waals surface area (Å²) < 4.78 is 5.72. The molecule has 7 nitrogen and oxygen atoms in total. The van der Waals surface area contributed by atoms with Crippen LogP contribution >= 0.6 is 11.3 Å². The maximum atomic E-state index is 12.9. The lowest BCUT2D eigenvalue weighted by atomic mass is 10.2. The first-order valence-electron chi connectivity index (χ1n) is 11.5. The van der Waals surface area contributed by atoms with Gasteiger partial charge in [0.1, 0.15) is 10.8 Å². The number of amides is 2. The number of likely N-dealkylation sites (N-methyl/N-ethyl adjacent to an activating group) is 1. The van der Waals surface area contributed by atoms with Gasteiger partial charge in [-0.05, 0) is 39.3 Å². The van der Waals surface area contributed by atoms with Gasteiger partial charge in [-0.25, -0.2) is 4.98 Å². The Morgan fingerprint density at radius 3 is 2.62 bits per heavy atom. The average Bonchev–Trinajstić information content (AvgIpc) is 3.12. The van der Waals surface area contributed by atoms with Gasteiger partial charge in [0.05, 0.1) is 30.8 Å². The Balaban J connectivity index is 1.56. The number of nitrogens with zero attached hydrogens (tertiary/aromatic N) is 4. The molecule has 0 atom stereocenters. The van der Waals surface area contributed by atoms with E-state index in [-0.39, 0.29) is 11.8 Å². The van der Waals surface area contributed by atoms with Crippen molar-refractivity contribution in [2.24, 2.45) is 0 Å². The van der Waals surface area contributed by atoms with Crippen LogP contribution in [0, 0.1) is 0 Å². The van der Waals surface area contributed by atoms with Crippen molar-refractivity contribution in [3.05, 3.63) is 35.3 Å². The third-order valence-electron chi connectivity index (χ3n) is 5.72. The molecule has 1 saturated heterocycles. The Morgan fingerprint density at radius 1 is 1.09 bits per heavy atom. The summed E-state index contributed by atoms with van der Waals surface area (Å²) in [7, 11) is 0. The quantitative estimate of drug-likeness (QED) is 0.578. The molecule has 0 unspecified atom stereocenters. The van der Waals surface area contributed by atoms with E-state index >= 15 is 0 Å². The fourth-order valence-electron chi connectivity index (χ4n) is 3.95. The van der Waals surface area contributed by atoms with Gasteiger partial charge >= 0.3 is 0 Å². The number of thiazole rings is 1. The first-order valence-corrected chi connectivity index (χ1v) is 12.4. The summed E-state index contributed by atoms with van der Waals surface area (Å²) >= 11 is 1.54. The number of hydrogen-bond acceptors (Lipinski definition) is 6. The van der Waals surface area contributed by atoms with Gasteiger partial charge in [-0.3, -0.25) is 14.5 Å². The van der Waals surface area contributed by atoms with Gasteiger partial charge in [0.2, 0.25) is 11.8 Å². The summed E-state index contributed by atoms with van der Waals surface area (Å²) in [4.78, 5) is 36.0. The van der Waals surface area contributed by atoms with Crippen molar-refractivity contribution in [1.29, 1.82) is 0 Å². The van der Waals surface area contributed by atoms with Gasteiger partial charge in [0.15, 0.2) is 0 Å². The second kappa shape index (κ2) is 12.0. The van der Waals surface area contributed by atoms with E-state index in [1.165, 1.54) is 11.3 Å². The van der Waals surface area contributed by atoms with Crippen LogP contribution in [0.5, 0.6) is 5.75 Å².